The summed E-state index contributed by atoms with van der Waals surface area (Å²) in [6.07, 6.45) is 0.789. The van der Waals surface area contributed by atoms with Gasteiger partial charge in [0.1, 0.15) is 0 Å². The van der Waals surface area contributed by atoms with Gasteiger partial charge in [-0.3, -0.25) is 0 Å². The third-order valence-corrected chi connectivity index (χ3v) is 3.04. The summed E-state index contributed by atoms with van der Waals surface area (Å²) in [5.41, 5.74) is 0.706. The highest BCUT2D eigenvalue weighted by Crippen LogP contribution is 2.42. The first-order chi connectivity index (χ1) is 8.09. The van der Waals surface area contributed by atoms with E-state index in [2.05, 4.69) is 0 Å². The highest BCUT2D eigenvalue weighted by Gasteiger charge is 2.47. The summed E-state index contributed by atoms with van der Waals surface area (Å²) >= 11 is 5.60. The fraction of sp³-hybridized carbons (Fsp3) is 0.231. The molecule has 0 aromatic heterocycles. The number of alkyl halides is 2. The lowest BCUT2D eigenvalue weighted by molar-refractivity contribution is -0.109. The number of benzene rings is 1. The van der Waals surface area contributed by atoms with E-state index in [4.69, 9.17) is 16.3 Å². The van der Waals surface area contributed by atoms with Gasteiger partial charge in [-0.15, -0.1) is 0 Å². The molecular formula is C13H11ClF2O. The van der Waals surface area contributed by atoms with Crippen molar-refractivity contribution in [3.63, 3.8) is 0 Å². The number of rotatable bonds is 2. The molecular weight excluding hydrogens is 246 g/mol. The summed E-state index contributed by atoms with van der Waals surface area (Å²) in [5, 5.41) is -0.200. The number of allylic oxidation sites excluding steroid dienone is 2. The molecule has 2 rings (SSSR count). The third-order valence-electron chi connectivity index (χ3n) is 2.73. The molecule has 0 heterocycles. The molecule has 0 saturated carbocycles. The monoisotopic (exact) mass is 256 g/mol. The first-order valence-electron chi connectivity index (χ1n) is 5.11. The van der Waals surface area contributed by atoms with Crippen molar-refractivity contribution in [1.29, 1.82) is 0 Å². The maximum Gasteiger partial charge on any atom is 0.272 e. The summed E-state index contributed by atoms with van der Waals surface area (Å²) in [7, 11) is 1.12. The van der Waals surface area contributed by atoms with Crippen molar-refractivity contribution in [1.82, 2.24) is 0 Å². The van der Waals surface area contributed by atoms with E-state index in [1.54, 1.807) is 30.3 Å². The Morgan fingerprint density at radius 2 is 1.88 bits per heavy atom. The molecule has 0 amide bonds. The Kier molecular flexibility index (Phi) is 3.31. The number of hydrogen-bond donors (Lipinski definition) is 0. The molecule has 0 bridgehead atoms. The average Bonchev–Trinajstić information content (AvgIpc) is 2.37. The van der Waals surface area contributed by atoms with E-state index in [9.17, 15) is 8.78 Å². The molecule has 0 spiro atoms. The summed E-state index contributed by atoms with van der Waals surface area (Å²) < 4.78 is 33.0. The predicted molar refractivity (Wildman–Crippen MR) is 64.1 cm³/mol. The Labute approximate surface area is 103 Å². The van der Waals surface area contributed by atoms with Crippen LogP contribution in [0.2, 0.25) is 0 Å². The predicted octanol–water partition coefficient (Wildman–Crippen LogP) is 3.86. The van der Waals surface area contributed by atoms with Crippen molar-refractivity contribution in [2.45, 2.75) is 12.0 Å². The zero-order valence-electron chi connectivity index (χ0n) is 9.16. The van der Waals surface area contributed by atoms with Crippen LogP contribution in [0.5, 0.6) is 0 Å². The van der Waals surface area contributed by atoms with Crippen molar-refractivity contribution in [2.75, 3.05) is 7.11 Å². The fourth-order valence-corrected chi connectivity index (χ4v) is 2.00. The number of methoxy groups -OCH3 is 1. The molecule has 1 aromatic rings. The molecule has 1 aliphatic rings. The zero-order valence-corrected chi connectivity index (χ0v) is 9.92. The van der Waals surface area contributed by atoms with Crippen LogP contribution in [0.3, 0.4) is 0 Å². The Bertz CT molecular complexity index is 470. The molecule has 0 N–H and O–H groups in total. The highest BCUT2D eigenvalue weighted by molar-refractivity contribution is 6.30. The maximum atomic E-state index is 14.5. The third kappa shape index (κ3) is 2.01. The van der Waals surface area contributed by atoms with Crippen LogP contribution in [0.4, 0.5) is 8.78 Å². The van der Waals surface area contributed by atoms with Gasteiger partial charge < -0.3 is 4.74 Å². The Hall–Kier alpha value is -1.19. The van der Waals surface area contributed by atoms with Gasteiger partial charge in [-0.05, 0) is 11.6 Å². The van der Waals surface area contributed by atoms with Gasteiger partial charge in [-0.1, -0.05) is 48.0 Å². The van der Waals surface area contributed by atoms with E-state index in [1.807, 2.05) is 0 Å². The Morgan fingerprint density at radius 3 is 2.47 bits per heavy atom. The quantitative estimate of drug-likeness (QED) is 0.781. The van der Waals surface area contributed by atoms with Crippen LogP contribution in [0.1, 0.15) is 5.56 Å². The first kappa shape index (κ1) is 12.3. The standard InChI is InChI=1S/C13H11ClF2O/c1-17-13(16)10(7-8-11(14)12(13)15)9-5-3-2-4-6-9/h2-8,12H,1H3. The van der Waals surface area contributed by atoms with Gasteiger partial charge in [0.05, 0.1) is 5.03 Å². The zero-order chi connectivity index (χ0) is 12.5. The molecule has 17 heavy (non-hydrogen) atoms. The van der Waals surface area contributed by atoms with Gasteiger partial charge in [0.2, 0.25) is 0 Å². The van der Waals surface area contributed by atoms with Crippen LogP contribution in [-0.4, -0.2) is 19.1 Å². The van der Waals surface area contributed by atoms with Crippen molar-refractivity contribution in [3.8, 4) is 0 Å². The number of hydrogen-bond acceptors (Lipinski definition) is 1. The van der Waals surface area contributed by atoms with Gasteiger partial charge in [0, 0.05) is 12.7 Å². The summed E-state index contributed by atoms with van der Waals surface area (Å²) in [5.74, 6) is -2.53. The van der Waals surface area contributed by atoms with Crippen LogP contribution in [0.25, 0.3) is 5.57 Å². The van der Waals surface area contributed by atoms with E-state index in [1.165, 1.54) is 12.2 Å². The minimum absolute atomic E-state index is 0.137. The van der Waals surface area contributed by atoms with E-state index >= 15 is 0 Å². The Morgan fingerprint density at radius 1 is 1.24 bits per heavy atom. The minimum Gasteiger partial charge on any atom is -0.343 e. The lowest BCUT2D eigenvalue weighted by Crippen LogP contribution is -2.40. The molecule has 90 valence electrons. The van der Waals surface area contributed by atoms with Gasteiger partial charge >= 0.3 is 0 Å². The van der Waals surface area contributed by atoms with Crippen LogP contribution in [0.15, 0.2) is 47.5 Å². The molecule has 2 atom stereocenters. The van der Waals surface area contributed by atoms with Crippen molar-refractivity contribution < 1.29 is 13.5 Å². The molecule has 1 nitrogen and oxygen atoms in total. The second-order valence-electron chi connectivity index (χ2n) is 3.71. The molecule has 1 aromatic carbocycles. The highest BCUT2D eigenvalue weighted by atomic mass is 35.5. The topological polar surface area (TPSA) is 9.23 Å². The smallest absolute Gasteiger partial charge is 0.272 e. The van der Waals surface area contributed by atoms with Gasteiger partial charge in [-0.25, -0.2) is 8.78 Å². The molecule has 0 aliphatic heterocycles. The van der Waals surface area contributed by atoms with Crippen LogP contribution in [0, 0.1) is 0 Å². The van der Waals surface area contributed by atoms with Crippen LogP contribution < -0.4 is 0 Å². The van der Waals surface area contributed by atoms with Crippen molar-refractivity contribution >= 4 is 17.2 Å². The van der Waals surface area contributed by atoms with E-state index in [-0.39, 0.29) is 10.6 Å². The van der Waals surface area contributed by atoms with Crippen molar-refractivity contribution in [3.05, 3.63) is 53.1 Å². The fourth-order valence-electron chi connectivity index (χ4n) is 1.80. The van der Waals surface area contributed by atoms with Crippen LogP contribution >= 0.6 is 11.6 Å². The lowest BCUT2D eigenvalue weighted by atomic mass is 9.91. The van der Waals surface area contributed by atoms with E-state index in [0.717, 1.165) is 7.11 Å². The summed E-state index contributed by atoms with van der Waals surface area (Å²) in [6, 6.07) is 8.69. The normalized spacial score (nSPS) is 28.6. The second-order valence-corrected chi connectivity index (χ2v) is 4.15. The van der Waals surface area contributed by atoms with Gasteiger partial charge in [0.25, 0.3) is 5.85 Å². The molecule has 1 aliphatic carbocycles. The molecule has 0 fully saturated rings. The second kappa shape index (κ2) is 4.59. The molecule has 2 unspecified atom stereocenters. The molecule has 0 saturated heterocycles. The molecule has 0 radical (unpaired) electrons. The molecule has 4 heteroatoms. The largest absolute Gasteiger partial charge is 0.343 e. The maximum absolute atomic E-state index is 14.5. The van der Waals surface area contributed by atoms with Gasteiger partial charge in [0.15, 0.2) is 6.17 Å². The summed E-state index contributed by atoms with van der Waals surface area (Å²) in [4.78, 5) is 0. The summed E-state index contributed by atoms with van der Waals surface area (Å²) in [6.45, 7) is 0. The lowest BCUT2D eigenvalue weighted by Gasteiger charge is -2.32. The van der Waals surface area contributed by atoms with Crippen LogP contribution in [-0.2, 0) is 4.74 Å². The van der Waals surface area contributed by atoms with Gasteiger partial charge in [-0.2, -0.15) is 0 Å². The Balaban J connectivity index is 2.52. The van der Waals surface area contributed by atoms with Crippen molar-refractivity contribution in [2.24, 2.45) is 0 Å². The van der Waals surface area contributed by atoms with E-state index < -0.39 is 12.0 Å². The van der Waals surface area contributed by atoms with E-state index in [0.29, 0.717) is 5.56 Å². The average molecular weight is 257 g/mol. The first-order valence-corrected chi connectivity index (χ1v) is 5.49. The minimum atomic E-state index is -2.53. The number of halogens is 3. The SMILES string of the molecule is COC1(F)C(c2ccccc2)=CC=C(Cl)C1F. The number of ether oxygens (including phenoxy) is 1.